The Hall–Kier alpha value is -2.56. The van der Waals surface area contributed by atoms with Crippen molar-refractivity contribution in [2.24, 2.45) is 0 Å². The lowest BCUT2D eigenvalue weighted by atomic mass is 10.1. The van der Waals surface area contributed by atoms with Crippen LogP contribution in [0.4, 0.5) is 0 Å². The van der Waals surface area contributed by atoms with E-state index in [-0.39, 0.29) is 11.6 Å². The third kappa shape index (κ3) is 5.62. The molecule has 0 radical (unpaired) electrons. The smallest absolute Gasteiger partial charge is 0.271 e. The second-order valence-corrected chi connectivity index (χ2v) is 9.71. The number of thioether (sulfide) groups is 1. The van der Waals surface area contributed by atoms with Crippen molar-refractivity contribution in [1.29, 1.82) is 0 Å². The predicted octanol–water partition coefficient (Wildman–Crippen LogP) is 5.57. The van der Waals surface area contributed by atoms with Gasteiger partial charge in [-0.15, -0.1) is 11.3 Å². The number of benzene rings is 1. The molecule has 0 bridgehead atoms. The van der Waals surface area contributed by atoms with E-state index < -0.39 is 6.04 Å². The van der Waals surface area contributed by atoms with Gasteiger partial charge in [-0.2, -0.15) is 4.98 Å². The fraction of sp³-hybridized carbons (Fsp3) is 0.227. The summed E-state index contributed by atoms with van der Waals surface area (Å²) in [6.07, 6.45) is 3.10. The van der Waals surface area contributed by atoms with Crippen molar-refractivity contribution in [3.63, 3.8) is 0 Å². The number of halogens is 1. The summed E-state index contributed by atoms with van der Waals surface area (Å²) < 4.78 is 6.08. The van der Waals surface area contributed by atoms with Crippen molar-refractivity contribution in [2.75, 3.05) is 5.75 Å². The third-order valence-electron chi connectivity index (χ3n) is 4.44. The van der Waals surface area contributed by atoms with Gasteiger partial charge in [-0.25, -0.2) is 9.97 Å². The summed E-state index contributed by atoms with van der Waals surface area (Å²) >= 11 is 6.44. The molecule has 0 aliphatic heterocycles. The van der Waals surface area contributed by atoms with Gasteiger partial charge in [0.05, 0.1) is 9.35 Å². The lowest BCUT2D eigenvalue weighted by Gasteiger charge is -2.15. The quantitative estimate of drug-likeness (QED) is 0.224. The molecule has 0 saturated carbocycles. The number of nitrogens with zero attached hydrogens (tertiary/aromatic N) is 4. The van der Waals surface area contributed by atoms with Crippen molar-refractivity contribution in [1.82, 2.24) is 25.4 Å². The van der Waals surface area contributed by atoms with Crippen LogP contribution in [0, 0.1) is 0 Å². The van der Waals surface area contributed by atoms with Crippen molar-refractivity contribution in [2.45, 2.75) is 31.0 Å². The molecule has 1 atom stereocenters. The molecule has 10 heteroatoms. The molecule has 1 amide bonds. The van der Waals surface area contributed by atoms with E-state index >= 15 is 0 Å². The highest BCUT2D eigenvalue weighted by atomic mass is 79.9. The summed E-state index contributed by atoms with van der Waals surface area (Å²) in [5.41, 5.74) is 1.31. The highest BCUT2D eigenvalue weighted by molar-refractivity contribution is 9.10. The van der Waals surface area contributed by atoms with Crippen molar-refractivity contribution in [3.05, 3.63) is 75.7 Å². The molecule has 1 N–H and O–H groups in total. The van der Waals surface area contributed by atoms with E-state index in [0.717, 1.165) is 22.6 Å². The molecule has 0 saturated heterocycles. The maximum absolute atomic E-state index is 13.2. The molecule has 0 fully saturated rings. The zero-order valence-electron chi connectivity index (χ0n) is 17.2. The first kappa shape index (κ1) is 22.6. The highest BCUT2D eigenvalue weighted by Crippen LogP contribution is 2.26. The van der Waals surface area contributed by atoms with Gasteiger partial charge >= 0.3 is 0 Å². The Bertz CT molecular complexity index is 1170. The SMILES string of the molecule is CCCSc1ncc(Br)c(C(=O)N[C@H](Cc2ccccc2)c2nc(-c3cccs3)no2)n1. The lowest BCUT2D eigenvalue weighted by molar-refractivity contribution is 0.0921. The van der Waals surface area contributed by atoms with Crippen LogP contribution in [0.15, 0.2) is 68.2 Å². The third-order valence-corrected chi connectivity index (χ3v) is 6.96. The summed E-state index contributed by atoms with van der Waals surface area (Å²) in [4.78, 5) is 27.3. The van der Waals surface area contributed by atoms with Crippen LogP contribution in [0.5, 0.6) is 0 Å². The van der Waals surface area contributed by atoms with Gasteiger partial charge in [0.25, 0.3) is 5.91 Å². The first-order chi connectivity index (χ1) is 15.6. The average molecular weight is 530 g/mol. The molecule has 3 heterocycles. The Morgan fingerprint density at radius 2 is 2.06 bits per heavy atom. The van der Waals surface area contributed by atoms with Crippen LogP contribution >= 0.6 is 39.0 Å². The Morgan fingerprint density at radius 1 is 1.22 bits per heavy atom. The number of thiophene rings is 1. The fourth-order valence-corrected chi connectivity index (χ4v) is 4.62. The van der Waals surface area contributed by atoms with Crippen LogP contribution in [-0.4, -0.2) is 31.8 Å². The minimum Gasteiger partial charge on any atom is -0.339 e. The van der Waals surface area contributed by atoms with E-state index in [2.05, 4.69) is 48.3 Å². The molecular weight excluding hydrogens is 510 g/mol. The second-order valence-electron chi connectivity index (χ2n) is 6.85. The normalized spacial score (nSPS) is 11.9. The Morgan fingerprint density at radius 3 is 2.81 bits per heavy atom. The maximum Gasteiger partial charge on any atom is 0.271 e. The minimum atomic E-state index is -0.514. The Labute approximate surface area is 202 Å². The number of nitrogens with one attached hydrogen (secondary N) is 1. The molecule has 0 aliphatic rings. The average Bonchev–Trinajstić information content (AvgIpc) is 3.51. The molecule has 4 aromatic rings. The summed E-state index contributed by atoms with van der Waals surface area (Å²) in [6.45, 7) is 2.09. The maximum atomic E-state index is 13.2. The minimum absolute atomic E-state index is 0.273. The van der Waals surface area contributed by atoms with Gasteiger partial charge in [-0.05, 0) is 39.4 Å². The molecule has 3 aromatic heterocycles. The lowest BCUT2D eigenvalue weighted by Crippen LogP contribution is -2.31. The predicted molar refractivity (Wildman–Crippen MR) is 129 cm³/mol. The van der Waals surface area contributed by atoms with Crippen molar-refractivity contribution in [3.8, 4) is 10.7 Å². The van der Waals surface area contributed by atoms with E-state index in [0.29, 0.717) is 27.8 Å². The van der Waals surface area contributed by atoms with E-state index in [9.17, 15) is 4.79 Å². The fourth-order valence-electron chi connectivity index (χ4n) is 2.93. The number of amides is 1. The van der Waals surface area contributed by atoms with Crippen molar-refractivity contribution < 1.29 is 9.32 Å². The standard InChI is InChI=1S/C22H20BrN5O2S2/c1-2-10-32-22-24-13-15(23)18(26-22)20(29)25-16(12-14-7-4-3-5-8-14)21-27-19(28-30-21)17-9-6-11-31-17/h3-9,11,13,16H,2,10,12H2,1H3,(H,25,29)/t16-/m1/s1. The molecular formula is C22H20BrN5O2S2. The van der Waals surface area contributed by atoms with Gasteiger partial charge in [0.15, 0.2) is 5.16 Å². The van der Waals surface area contributed by atoms with Gasteiger partial charge in [-0.3, -0.25) is 4.79 Å². The molecule has 164 valence electrons. The Balaban J connectivity index is 1.60. The van der Waals surface area contributed by atoms with Crippen LogP contribution in [0.2, 0.25) is 0 Å². The summed E-state index contributed by atoms with van der Waals surface area (Å²) in [5.74, 6) is 1.39. The Kier molecular flexibility index (Phi) is 7.67. The zero-order chi connectivity index (χ0) is 22.3. The van der Waals surface area contributed by atoms with Crippen LogP contribution < -0.4 is 5.32 Å². The van der Waals surface area contributed by atoms with Gasteiger partial charge in [0.1, 0.15) is 11.7 Å². The topological polar surface area (TPSA) is 93.8 Å². The first-order valence-electron chi connectivity index (χ1n) is 10.0. The van der Waals surface area contributed by atoms with E-state index in [1.165, 1.54) is 23.1 Å². The molecule has 1 aromatic carbocycles. The molecule has 7 nitrogen and oxygen atoms in total. The van der Waals surface area contributed by atoms with Crippen LogP contribution in [0.25, 0.3) is 10.7 Å². The van der Waals surface area contributed by atoms with Crippen LogP contribution in [-0.2, 0) is 6.42 Å². The summed E-state index contributed by atoms with van der Waals surface area (Å²) in [6, 6.07) is 13.2. The van der Waals surface area contributed by atoms with E-state index in [1.54, 1.807) is 6.20 Å². The number of hydrogen-bond acceptors (Lipinski definition) is 8. The largest absolute Gasteiger partial charge is 0.339 e. The molecule has 32 heavy (non-hydrogen) atoms. The highest BCUT2D eigenvalue weighted by Gasteiger charge is 2.25. The molecule has 0 unspecified atom stereocenters. The van der Waals surface area contributed by atoms with E-state index in [4.69, 9.17) is 4.52 Å². The molecule has 4 rings (SSSR count). The monoisotopic (exact) mass is 529 g/mol. The zero-order valence-corrected chi connectivity index (χ0v) is 20.4. The first-order valence-corrected chi connectivity index (χ1v) is 12.7. The number of carbonyl (C=O) groups excluding carboxylic acids is 1. The van der Waals surface area contributed by atoms with Gasteiger partial charge in [0, 0.05) is 18.4 Å². The van der Waals surface area contributed by atoms with Gasteiger partial charge in [0.2, 0.25) is 11.7 Å². The van der Waals surface area contributed by atoms with E-state index in [1.807, 2.05) is 47.8 Å². The van der Waals surface area contributed by atoms with Gasteiger partial charge in [-0.1, -0.05) is 60.2 Å². The number of aromatic nitrogens is 4. The second kappa shape index (κ2) is 10.8. The summed E-state index contributed by atoms with van der Waals surface area (Å²) in [7, 11) is 0. The number of carbonyl (C=O) groups is 1. The molecule has 0 spiro atoms. The molecule has 0 aliphatic carbocycles. The van der Waals surface area contributed by atoms with Crippen molar-refractivity contribution >= 4 is 44.9 Å². The van der Waals surface area contributed by atoms with Crippen LogP contribution in [0.1, 0.15) is 41.3 Å². The number of hydrogen-bond donors (Lipinski definition) is 1. The van der Waals surface area contributed by atoms with Crippen LogP contribution in [0.3, 0.4) is 0 Å². The summed E-state index contributed by atoms with van der Waals surface area (Å²) in [5, 5.41) is 9.64. The number of rotatable bonds is 9. The van der Waals surface area contributed by atoms with Gasteiger partial charge < -0.3 is 9.84 Å².